The number of nitrogens with zero attached hydrogens (tertiary/aromatic N) is 4. The lowest BCUT2D eigenvalue weighted by molar-refractivity contribution is 0.572. The molecule has 1 saturated heterocycles. The van der Waals surface area contributed by atoms with Crippen LogP contribution in [0, 0.1) is 11.3 Å². The lowest BCUT2D eigenvalue weighted by Gasteiger charge is -2.16. The lowest BCUT2D eigenvalue weighted by atomic mass is 10.1. The van der Waals surface area contributed by atoms with E-state index in [1.54, 1.807) is 0 Å². The van der Waals surface area contributed by atoms with E-state index >= 15 is 0 Å². The number of anilines is 3. The summed E-state index contributed by atoms with van der Waals surface area (Å²) in [7, 11) is 0. The highest BCUT2D eigenvalue weighted by atomic mass is 15.4. The second-order valence-electron chi connectivity index (χ2n) is 6.39. The van der Waals surface area contributed by atoms with Crippen LogP contribution in [0.4, 0.5) is 17.8 Å². The van der Waals surface area contributed by atoms with Crippen LogP contribution in [0.5, 0.6) is 0 Å². The summed E-state index contributed by atoms with van der Waals surface area (Å²) in [4.78, 5) is 15.3. The van der Waals surface area contributed by atoms with E-state index < -0.39 is 0 Å². The molecule has 2 aliphatic rings. The van der Waals surface area contributed by atoms with Crippen LogP contribution in [0.15, 0.2) is 0 Å². The highest BCUT2D eigenvalue weighted by Crippen LogP contribution is 2.51. The first kappa shape index (κ1) is 13.4. The molecule has 1 aliphatic heterocycles. The zero-order valence-corrected chi connectivity index (χ0v) is 12.2. The predicted molar refractivity (Wildman–Crippen MR) is 79.5 cm³/mol. The molecule has 0 spiro atoms. The zero-order chi connectivity index (χ0) is 14.2. The van der Waals surface area contributed by atoms with Gasteiger partial charge in [-0.1, -0.05) is 13.8 Å². The Morgan fingerprint density at radius 2 is 1.85 bits per heavy atom. The Kier molecular flexibility index (Phi) is 3.37. The topological polar surface area (TPSA) is 92.0 Å². The molecule has 0 radical (unpaired) electrons. The van der Waals surface area contributed by atoms with Crippen LogP contribution in [0.25, 0.3) is 0 Å². The molecular formula is C13H23N7. The molecule has 7 heteroatoms. The molecular weight excluding hydrogens is 254 g/mol. The van der Waals surface area contributed by atoms with Gasteiger partial charge in [0.15, 0.2) is 0 Å². The molecule has 1 unspecified atom stereocenters. The van der Waals surface area contributed by atoms with E-state index in [0.717, 1.165) is 19.6 Å². The molecule has 0 bridgehead atoms. The third-order valence-electron chi connectivity index (χ3n) is 4.37. The van der Waals surface area contributed by atoms with Crippen molar-refractivity contribution < 1.29 is 0 Å². The highest BCUT2D eigenvalue weighted by Gasteiger charge is 2.45. The normalized spacial score (nSPS) is 23.8. The molecule has 1 aromatic rings. The molecule has 7 nitrogen and oxygen atoms in total. The Morgan fingerprint density at radius 3 is 2.45 bits per heavy atom. The molecule has 1 atom stereocenters. The number of hydrogen-bond acceptors (Lipinski definition) is 7. The first-order chi connectivity index (χ1) is 9.58. The summed E-state index contributed by atoms with van der Waals surface area (Å²) in [6.45, 7) is 7.48. The molecule has 2 fully saturated rings. The number of nitrogens with two attached hydrogens (primary N) is 1. The van der Waals surface area contributed by atoms with Gasteiger partial charge in [0.1, 0.15) is 0 Å². The summed E-state index contributed by atoms with van der Waals surface area (Å²) in [6.07, 6.45) is 3.64. The van der Waals surface area contributed by atoms with Gasteiger partial charge in [-0.05, 0) is 30.6 Å². The molecule has 1 saturated carbocycles. The Morgan fingerprint density at radius 1 is 1.20 bits per heavy atom. The average molecular weight is 277 g/mol. The van der Waals surface area contributed by atoms with E-state index in [-0.39, 0.29) is 0 Å². The van der Waals surface area contributed by atoms with Crippen LogP contribution in [0.3, 0.4) is 0 Å². The van der Waals surface area contributed by atoms with E-state index in [0.29, 0.717) is 29.2 Å². The van der Waals surface area contributed by atoms with E-state index in [9.17, 15) is 0 Å². The fourth-order valence-corrected chi connectivity index (χ4v) is 2.71. The largest absolute Gasteiger partial charge is 0.354 e. The van der Waals surface area contributed by atoms with Gasteiger partial charge in [0.2, 0.25) is 17.8 Å². The fourth-order valence-electron chi connectivity index (χ4n) is 2.71. The second-order valence-corrected chi connectivity index (χ2v) is 6.39. The summed E-state index contributed by atoms with van der Waals surface area (Å²) >= 11 is 0. The molecule has 0 amide bonds. The molecule has 1 aromatic heterocycles. The highest BCUT2D eigenvalue weighted by molar-refractivity contribution is 5.44. The summed E-state index contributed by atoms with van der Waals surface area (Å²) in [5.74, 6) is 7.88. The van der Waals surface area contributed by atoms with Crippen LogP contribution >= 0.6 is 0 Å². The van der Waals surface area contributed by atoms with Gasteiger partial charge in [-0.25, -0.2) is 5.84 Å². The van der Waals surface area contributed by atoms with E-state index in [2.05, 4.69) is 44.4 Å². The number of aromatic nitrogens is 3. The van der Waals surface area contributed by atoms with Crippen molar-refractivity contribution in [1.82, 2.24) is 15.0 Å². The van der Waals surface area contributed by atoms with Gasteiger partial charge in [-0.15, -0.1) is 0 Å². The van der Waals surface area contributed by atoms with Crippen molar-refractivity contribution in [3.8, 4) is 0 Å². The molecule has 1 aliphatic carbocycles. The van der Waals surface area contributed by atoms with E-state index in [1.165, 1.54) is 19.3 Å². The maximum atomic E-state index is 5.45. The first-order valence-electron chi connectivity index (χ1n) is 7.30. The van der Waals surface area contributed by atoms with Gasteiger partial charge in [0.25, 0.3) is 0 Å². The lowest BCUT2D eigenvalue weighted by Crippen LogP contribution is -2.23. The number of hydrogen-bond donors (Lipinski definition) is 3. The van der Waals surface area contributed by atoms with Crippen molar-refractivity contribution in [2.75, 3.05) is 35.3 Å². The second kappa shape index (κ2) is 5.05. The SMILES string of the molecule is CC1(C)CC1CNc1nc(NN)nc(N2CCCC2)n1. The van der Waals surface area contributed by atoms with Crippen molar-refractivity contribution in [3.05, 3.63) is 0 Å². The Bertz CT molecular complexity index is 482. The molecule has 0 aromatic carbocycles. The number of nitrogens with one attached hydrogen (secondary N) is 2. The molecule has 20 heavy (non-hydrogen) atoms. The van der Waals surface area contributed by atoms with Crippen molar-refractivity contribution in [3.63, 3.8) is 0 Å². The fraction of sp³-hybridized carbons (Fsp3) is 0.769. The van der Waals surface area contributed by atoms with Gasteiger partial charge in [-0.3, -0.25) is 5.43 Å². The summed E-state index contributed by atoms with van der Waals surface area (Å²) < 4.78 is 0. The standard InChI is InChI=1S/C13H23N7/c1-13(2)7-9(13)8-15-10-16-11(19-14)18-12(17-10)20-5-3-4-6-20/h9H,3-8,14H2,1-2H3,(H2,15,16,17,18,19). The summed E-state index contributed by atoms with van der Waals surface area (Å²) in [6, 6.07) is 0. The Balaban J connectivity index is 1.70. The van der Waals surface area contributed by atoms with Crippen molar-refractivity contribution in [2.24, 2.45) is 17.2 Å². The predicted octanol–water partition coefficient (Wildman–Crippen LogP) is 1.22. The molecule has 110 valence electrons. The minimum atomic E-state index is 0.416. The van der Waals surface area contributed by atoms with Crippen LogP contribution in [-0.2, 0) is 0 Å². The minimum Gasteiger partial charge on any atom is -0.354 e. The maximum Gasteiger partial charge on any atom is 0.243 e. The third-order valence-corrected chi connectivity index (χ3v) is 4.37. The van der Waals surface area contributed by atoms with Gasteiger partial charge < -0.3 is 10.2 Å². The smallest absolute Gasteiger partial charge is 0.243 e. The van der Waals surface area contributed by atoms with Crippen molar-refractivity contribution in [1.29, 1.82) is 0 Å². The number of nitrogen functional groups attached to an aromatic ring is 1. The number of rotatable bonds is 5. The maximum absolute atomic E-state index is 5.45. The molecule has 2 heterocycles. The minimum absolute atomic E-state index is 0.416. The van der Waals surface area contributed by atoms with Gasteiger partial charge in [0.05, 0.1) is 0 Å². The van der Waals surface area contributed by atoms with Gasteiger partial charge in [-0.2, -0.15) is 15.0 Å². The van der Waals surface area contributed by atoms with Crippen molar-refractivity contribution in [2.45, 2.75) is 33.1 Å². The summed E-state index contributed by atoms with van der Waals surface area (Å²) in [5, 5.41) is 3.32. The Labute approximate surface area is 119 Å². The first-order valence-corrected chi connectivity index (χ1v) is 7.30. The van der Waals surface area contributed by atoms with E-state index in [4.69, 9.17) is 5.84 Å². The molecule has 4 N–H and O–H groups in total. The monoisotopic (exact) mass is 277 g/mol. The van der Waals surface area contributed by atoms with Crippen LogP contribution in [0.2, 0.25) is 0 Å². The van der Waals surface area contributed by atoms with Gasteiger partial charge in [0, 0.05) is 19.6 Å². The van der Waals surface area contributed by atoms with Crippen LogP contribution in [-0.4, -0.2) is 34.6 Å². The molecule has 3 rings (SSSR count). The van der Waals surface area contributed by atoms with Crippen LogP contribution < -0.4 is 21.5 Å². The number of hydrazine groups is 1. The Hall–Kier alpha value is -1.63. The summed E-state index contributed by atoms with van der Waals surface area (Å²) in [5.41, 5.74) is 2.97. The quantitative estimate of drug-likeness (QED) is 0.550. The van der Waals surface area contributed by atoms with Crippen molar-refractivity contribution >= 4 is 17.8 Å². The third kappa shape index (κ3) is 2.77. The zero-order valence-electron chi connectivity index (χ0n) is 12.2. The van der Waals surface area contributed by atoms with Gasteiger partial charge >= 0.3 is 0 Å². The van der Waals surface area contributed by atoms with E-state index in [1.807, 2.05) is 0 Å². The van der Waals surface area contributed by atoms with Crippen LogP contribution in [0.1, 0.15) is 33.1 Å². The average Bonchev–Trinajstić information content (AvgIpc) is 2.84.